The van der Waals surface area contributed by atoms with Crippen LogP contribution < -0.4 is 5.73 Å². The Labute approximate surface area is 170 Å². The SMILES string of the molecule is Nc1nc(-c2ccc(S(=O)(=O)c3ccccc3)cc2)nc2ccc(I)cc12. The Hall–Kier alpha value is -2.52. The molecule has 0 aliphatic rings. The molecule has 0 spiro atoms. The van der Waals surface area contributed by atoms with E-state index in [9.17, 15) is 8.42 Å². The number of aromatic nitrogens is 2. The number of benzene rings is 3. The predicted molar refractivity (Wildman–Crippen MR) is 114 cm³/mol. The summed E-state index contributed by atoms with van der Waals surface area (Å²) in [5, 5.41) is 0.800. The molecule has 0 radical (unpaired) electrons. The minimum Gasteiger partial charge on any atom is -0.383 e. The number of hydrogen-bond acceptors (Lipinski definition) is 5. The second-order valence-electron chi connectivity index (χ2n) is 5.93. The molecule has 0 bridgehead atoms. The molecule has 0 aliphatic heterocycles. The molecule has 3 aromatic carbocycles. The zero-order chi connectivity index (χ0) is 19.0. The summed E-state index contributed by atoms with van der Waals surface area (Å²) in [4.78, 5) is 9.42. The van der Waals surface area contributed by atoms with Crippen LogP contribution in [-0.2, 0) is 9.84 Å². The lowest BCUT2D eigenvalue weighted by Crippen LogP contribution is -2.02. The molecule has 0 saturated carbocycles. The van der Waals surface area contributed by atoms with Crippen LogP contribution in [0.25, 0.3) is 22.3 Å². The van der Waals surface area contributed by atoms with Crippen LogP contribution in [0.2, 0.25) is 0 Å². The number of anilines is 1. The average molecular weight is 487 g/mol. The van der Waals surface area contributed by atoms with Crippen molar-refractivity contribution in [1.82, 2.24) is 9.97 Å². The summed E-state index contributed by atoms with van der Waals surface area (Å²) in [6, 6.07) is 20.7. The van der Waals surface area contributed by atoms with Gasteiger partial charge in [-0.1, -0.05) is 18.2 Å². The first-order chi connectivity index (χ1) is 12.9. The number of fused-ring (bicyclic) bond motifs is 1. The van der Waals surface area contributed by atoms with E-state index in [2.05, 4.69) is 32.6 Å². The third-order valence-corrected chi connectivity index (χ3v) is 6.62. The molecule has 0 amide bonds. The molecule has 0 saturated heterocycles. The van der Waals surface area contributed by atoms with Crippen molar-refractivity contribution in [3.05, 3.63) is 76.4 Å². The van der Waals surface area contributed by atoms with Gasteiger partial charge in [0, 0.05) is 14.5 Å². The Morgan fingerprint density at radius 2 is 1.48 bits per heavy atom. The first-order valence-corrected chi connectivity index (χ1v) is 10.6. The first kappa shape index (κ1) is 17.9. The first-order valence-electron chi connectivity index (χ1n) is 8.08. The Morgan fingerprint density at radius 1 is 0.815 bits per heavy atom. The fourth-order valence-corrected chi connectivity index (χ4v) is 4.55. The molecular formula is C20H14IN3O2S. The summed E-state index contributed by atoms with van der Waals surface area (Å²) < 4.78 is 26.4. The van der Waals surface area contributed by atoms with E-state index in [0.29, 0.717) is 17.2 Å². The molecule has 2 N–H and O–H groups in total. The van der Waals surface area contributed by atoms with E-state index in [1.54, 1.807) is 54.6 Å². The highest BCUT2D eigenvalue weighted by molar-refractivity contribution is 14.1. The number of sulfone groups is 1. The van der Waals surface area contributed by atoms with E-state index in [1.807, 2.05) is 18.2 Å². The van der Waals surface area contributed by atoms with Crippen LogP contribution in [0.1, 0.15) is 0 Å². The second-order valence-corrected chi connectivity index (χ2v) is 9.13. The maximum atomic E-state index is 12.7. The number of nitrogen functional groups attached to an aromatic ring is 1. The van der Waals surface area contributed by atoms with Crippen LogP contribution in [0.3, 0.4) is 0 Å². The van der Waals surface area contributed by atoms with Crippen molar-refractivity contribution in [2.75, 3.05) is 5.73 Å². The fourth-order valence-electron chi connectivity index (χ4n) is 2.77. The van der Waals surface area contributed by atoms with E-state index >= 15 is 0 Å². The zero-order valence-corrected chi connectivity index (χ0v) is 17.0. The zero-order valence-electron chi connectivity index (χ0n) is 14.0. The molecule has 0 atom stereocenters. The van der Waals surface area contributed by atoms with Crippen molar-refractivity contribution in [3.8, 4) is 11.4 Å². The molecule has 5 nitrogen and oxygen atoms in total. The van der Waals surface area contributed by atoms with Gasteiger partial charge in [-0.15, -0.1) is 0 Å². The van der Waals surface area contributed by atoms with Gasteiger partial charge >= 0.3 is 0 Å². The van der Waals surface area contributed by atoms with Crippen LogP contribution in [0.4, 0.5) is 5.82 Å². The van der Waals surface area contributed by atoms with Crippen molar-refractivity contribution in [2.24, 2.45) is 0 Å². The smallest absolute Gasteiger partial charge is 0.206 e. The minimum atomic E-state index is -3.55. The van der Waals surface area contributed by atoms with Gasteiger partial charge in [0.05, 0.1) is 15.3 Å². The van der Waals surface area contributed by atoms with Gasteiger partial charge in [-0.2, -0.15) is 0 Å². The van der Waals surface area contributed by atoms with Crippen LogP contribution in [0.5, 0.6) is 0 Å². The van der Waals surface area contributed by atoms with E-state index in [-0.39, 0.29) is 9.79 Å². The van der Waals surface area contributed by atoms with Crippen molar-refractivity contribution in [1.29, 1.82) is 0 Å². The van der Waals surface area contributed by atoms with Gasteiger partial charge in [-0.05, 0) is 77.2 Å². The molecule has 0 unspecified atom stereocenters. The largest absolute Gasteiger partial charge is 0.383 e. The van der Waals surface area contributed by atoms with Gasteiger partial charge < -0.3 is 5.73 Å². The maximum Gasteiger partial charge on any atom is 0.206 e. The van der Waals surface area contributed by atoms with Gasteiger partial charge in [0.25, 0.3) is 0 Å². The number of nitrogens with two attached hydrogens (primary N) is 1. The standard InChI is InChI=1S/C20H14IN3O2S/c21-14-8-11-18-17(12-14)19(22)24-20(23-18)13-6-9-16(10-7-13)27(25,26)15-4-2-1-3-5-15/h1-12H,(H2,22,23,24). The predicted octanol–water partition coefficient (Wildman–Crippen LogP) is 4.32. The van der Waals surface area contributed by atoms with E-state index in [4.69, 9.17) is 5.73 Å². The van der Waals surface area contributed by atoms with Gasteiger partial charge in [-0.3, -0.25) is 0 Å². The van der Waals surface area contributed by atoms with Gasteiger partial charge in [0.2, 0.25) is 9.84 Å². The summed E-state index contributed by atoms with van der Waals surface area (Å²) >= 11 is 2.21. The Balaban J connectivity index is 1.75. The lowest BCUT2D eigenvalue weighted by molar-refractivity contribution is 0.596. The second kappa shape index (κ2) is 6.90. The molecular weight excluding hydrogens is 473 g/mol. The maximum absolute atomic E-state index is 12.7. The van der Waals surface area contributed by atoms with Crippen molar-refractivity contribution in [2.45, 2.75) is 9.79 Å². The van der Waals surface area contributed by atoms with Crippen LogP contribution in [-0.4, -0.2) is 18.4 Å². The Morgan fingerprint density at radius 3 is 2.19 bits per heavy atom. The molecule has 134 valence electrons. The number of halogens is 1. The summed E-state index contributed by atoms with van der Waals surface area (Å²) in [7, 11) is -3.55. The molecule has 4 rings (SSSR count). The highest BCUT2D eigenvalue weighted by atomic mass is 127. The Bertz CT molecular complexity index is 1240. The quantitative estimate of drug-likeness (QED) is 0.436. The van der Waals surface area contributed by atoms with Crippen molar-refractivity contribution < 1.29 is 8.42 Å². The summed E-state index contributed by atoms with van der Waals surface area (Å²) in [5.74, 6) is 0.861. The number of nitrogens with zero attached hydrogens (tertiary/aromatic N) is 2. The highest BCUT2D eigenvalue weighted by Crippen LogP contribution is 2.27. The molecule has 0 aliphatic carbocycles. The topological polar surface area (TPSA) is 85.9 Å². The van der Waals surface area contributed by atoms with Crippen molar-refractivity contribution in [3.63, 3.8) is 0 Å². The van der Waals surface area contributed by atoms with Crippen LogP contribution >= 0.6 is 22.6 Å². The summed E-state index contributed by atoms with van der Waals surface area (Å²) in [5.41, 5.74) is 7.54. The highest BCUT2D eigenvalue weighted by Gasteiger charge is 2.17. The lowest BCUT2D eigenvalue weighted by atomic mass is 10.2. The van der Waals surface area contributed by atoms with Crippen LogP contribution in [0.15, 0.2) is 82.6 Å². The molecule has 7 heteroatoms. The molecule has 27 heavy (non-hydrogen) atoms. The molecule has 1 heterocycles. The fraction of sp³-hybridized carbons (Fsp3) is 0. The normalized spacial score (nSPS) is 11.6. The van der Waals surface area contributed by atoms with Crippen LogP contribution in [0, 0.1) is 3.57 Å². The minimum absolute atomic E-state index is 0.223. The van der Waals surface area contributed by atoms with Gasteiger partial charge in [0.1, 0.15) is 5.82 Å². The van der Waals surface area contributed by atoms with E-state index in [1.165, 1.54) is 0 Å². The lowest BCUT2D eigenvalue weighted by Gasteiger charge is -2.08. The van der Waals surface area contributed by atoms with Gasteiger partial charge in [-0.25, -0.2) is 18.4 Å². The van der Waals surface area contributed by atoms with E-state index in [0.717, 1.165) is 14.5 Å². The molecule has 1 aromatic heterocycles. The number of rotatable bonds is 3. The molecule has 4 aromatic rings. The van der Waals surface area contributed by atoms with E-state index < -0.39 is 9.84 Å². The Kier molecular flexibility index (Phi) is 4.56. The third kappa shape index (κ3) is 3.40. The molecule has 0 fully saturated rings. The average Bonchev–Trinajstić information content (AvgIpc) is 2.69. The summed E-state index contributed by atoms with van der Waals surface area (Å²) in [6.45, 7) is 0. The van der Waals surface area contributed by atoms with Crippen molar-refractivity contribution >= 4 is 49.1 Å². The monoisotopic (exact) mass is 487 g/mol. The number of hydrogen-bond donors (Lipinski definition) is 1. The third-order valence-electron chi connectivity index (χ3n) is 4.16. The summed E-state index contributed by atoms with van der Waals surface area (Å²) in [6.07, 6.45) is 0. The van der Waals surface area contributed by atoms with Gasteiger partial charge in [0.15, 0.2) is 5.82 Å².